The zero-order valence-corrected chi connectivity index (χ0v) is 19.1. The van der Waals surface area contributed by atoms with Crippen molar-refractivity contribution in [1.29, 1.82) is 0 Å². The van der Waals surface area contributed by atoms with E-state index in [4.69, 9.17) is 11.6 Å². The second-order valence-corrected chi connectivity index (χ2v) is 10.5. The van der Waals surface area contributed by atoms with Crippen LogP contribution in [0.3, 0.4) is 0 Å². The van der Waals surface area contributed by atoms with Crippen LogP contribution < -0.4 is 4.72 Å². The van der Waals surface area contributed by atoms with Crippen LogP contribution in [-0.2, 0) is 26.2 Å². The lowest BCUT2D eigenvalue weighted by Crippen LogP contribution is -2.30. The summed E-state index contributed by atoms with van der Waals surface area (Å²) in [5.41, 5.74) is 2.33. The summed E-state index contributed by atoms with van der Waals surface area (Å²) in [6, 6.07) is 10.0. The number of halogens is 1. The average molecular weight is 461 g/mol. The SMILES string of the molecule is Cc1ccc(Cl)cc1NS(=O)(=O)c1cc(CN2C(=O)[C@H]3CCCC[C@@H]3C2=O)ccc1C. The minimum atomic E-state index is -3.88. The van der Waals surface area contributed by atoms with Crippen LogP contribution >= 0.6 is 11.6 Å². The van der Waals surface area contributed by atoms with Crippen LogP contribution in [0.1, 0.15) is 42.4 Å². The Morgan fingerprint density at radius 3 is 2.23 bits per heavy atom. The first-order valence-electron chi connectivity index (χ1n) is 10.4. The zero-order chi connectivity index (χ0) is 22.3. The fraction of sp³-hybridized carbons (Fsp3) is 0.391. The number of rotatable bonds is 5. The van der Waals surface area contributed by atoms with Crippen molar-refractivity contribution in [3.8, 4) is 0 Å². The Labute approximate surface area is 187 Å². The van der Waals surface area contributed by atoms with Gasteiger partial charge in [0.15, 0.2) is 0 Å². The smallest absolute Gasteiger partial charge is 0.262 e. The Balaban J connectivity index is 1.60. The van der Waals surface area contributed by atoms with Crippen molar-refractivity contribution in [3.63, 3.8) is 0 Å². The standard InChI is InChI=1S/C23H25ClN2O4S/c1-14-8-10-17(24)12-20(14)25-31(29,30)21-11-16(9-7-15(21)2)13-26-22(27)18-5-3-4-6-19(18)23(26)28/h7-12,18-19,25H,3-6,13H2,1-2H3/t18-,19-/m0/s1. The predicted octanol–water partition coefficient (Wildman–Crippen LogP) is 4.43. The van der Waals surface area contributed by atoms with Gasteiger partial charge in [0.1, 0.15) is 0 Å². The summed E-state index contributed by atoms with van der Waals surface area (Å²) in [5, 5.41) is 0.432. The number of imide groups is 1. The van der Waals surface area contributed by atoms with E-state index in [1.807, 2.05) is 0 Å². The molecule has 1 saturated carbocycles. The van der Waals surface area contributed by atoms with E-state index >= 15 is 0 Å². The van der Waals surface area contributed by atoms with Gasteiger partial charge in [-0.3, -0.25) is 19.2 Å². The van der Waals surface area contributed by atoms with E-state index in [0.717, 1.165) is 31.2 Å². The molecule has 1 N–H and O–H groups in total. The van der Waals surface area contributed by atoms with Crippen molar-refractivity contribution < 1.29 is 18.0 Å². The molecule has 0 bridgehead atoms. The Kier molecular flexibility index (Phi) is 5.83. The molecular formula is C23H25ClN2O4S. The van der Waals surface area contributed by atoms with E-state index in [1.54, 1.807) is 50.2 Å². The first kappa shape index (κ1) is 21.8. The number of aryl methyl sites for hydroxylation is 2. The molecule has 2 amide bonds. The van der Waals surface area contributed by atoms with Crippen LogP contribution in [0.5, 0.6) is 0 Å². The van der Waals surface area contributed by atoms with Gasteiger partial charge >= 0.3 is 0 Å². The van der Waals surface area contributed by atoms with Crippen molar-refractivity contribution in [1.82, 2.24) is 4.90 Å². The third kappa shape index (κ3) is 4.21. The van der Waals surface area contributed by atoms with Crippen molar-refractivity contribution >= 4 is 39.1 Å². The number of sulfonamides is 1. The maximum absolute atomic E-state index is 13.1. The number of anilines is 1. The maximum atomic E-state index is 13.1. The normalized spacial score (nSPS) is 21.3. The molecule has 1 aliphatic heterocycles. The number of hydrogen-bond acceptors (Lipinski definition) is 4. The van der Waals surface area contributed by atoms with E-state index < -0.39 is 10.0 Å². The molecule has 2 aromatic rings. The molecule has 164 valence electrons. The average Bonchev–Trinajstić information content (AvgIpc) is 2.97. The predicted molar refractivity (Wildman–Crippen MR) is 119 cm³/mol. The fourth-order valence-electron chi connectivity index (χ4n) is 4.51. The summed E-state index contributed by atoms with van der Waals surface area (Å²) in [4.78, 5) is 27.0. The third-order valence-corrected chi connectivity index (χ3v) is 8.00. The van der Waals surface area contributed by atoms with Crippen LogP contribution in [-0.4, -0.2) is 25.1 Å². The largest absolute Gasteiger partial charge is 0.279 e. The molecular weight excluding hydrogens is 436 g/mol. The number of benzene rings is 2. The summed E-state index contributed by atoms with van der Waals surface area (Å²) in [7, 11) is -3.88. The van der Waals surface area contributed by atoms with Gasteiger partial charge in [0.05, 0.1) is 29.0 Å². The number of likely N-dealkylation sites (tertiary alicyclic amines) is 1. The molecule has 2 fully saturated rings. The van der Waals surface area contributed by atoms with E-state index in [0.29, 0.717) is 21.8 Å². The van der Waals surface area contributed by atoms with Crippen LogP contribution in [0.4, 0.5) is 5.69 Å². The number of nitrogens with zero attached hydrogens (tertiary/aromatic N) is 1. The Bertz CT molecular complexity index is 1140. The lowest BCUT2D eigenvalue weighted by molar-refractivity contribution is -0.140. The number of nitrogens with one attached hydrogen (secondary N) is 1. The molecule has 0 radical (unpaired) electrons. The van der Waals surface area contributed by atoms with Gasteiger partial charge in [0.25, 0.3) is 10.0 Å². The number of carbonyl (C=O) groups is 2. The highest BCUT2D eigenvalue weighted by atomic mass is 35.5. The Morgan fingerprint density at radius 1 is 0.968 bits per heavy atom. The van der Waals surface area contributed by atoms with Crippen LogP contribution in [0.15, 0.2) is 41.3 Å². The number of amides is 2. The summed E-state index contributed by atoms with van der Waals surface area (Å²) >= 11 is 6.02. The third-order valence-electron chi connectivity index (χ3n) is 6.26. The van der Waals surface area contributed by atoms with E-state index in [-0.39, 0.29) is 35.1 Å². The Hall–Kier alpha value is -2.38. The lowest BCUT2D eigenvalue weighted by atomic mass is 9.81. The van der Waals surface area contributed by atoms with Gasteiger partial charge < -0.3 is 0 Å². The second-order valence-electron chi connectivity index (χ2n) is 8.42. The highest BCUT2D eigenvalue weighted by Gasteiger charge is 2.47. The number of fused-ring (bicyclic) bond motifs is 1. The molecule has 6 nitrogen and oxygen atoms in total. The first-order chi connectivity index (χ1) is 14.7. The topological polar surface area (TPSA) is 83.6 Å². The molecule has 1 aliphatic carbocycles. The quantitative estimate of drug-likeness (QED) is 0.669. The molecule has 2 aliphatic rings. The van der Waals surface area contributed by atoms with Gasteiger partial charge in [0, 0.05) is 5.02 Å². The molecule has 1 heterocycles. The van der Waals surface area contributed by atoms with Crippen LogP contribution in [0.25, 0.3) is 0 Å². The molecule has 8 heteroatoms. The van der Waals surface area contributed by atoms with Gasteiger partial charge in [-0.2, -0.15) is 0 Å². The summed E-state index contributed by atoms with van der Waals surface area (Å²) < 4.78 is 28.8. The molecule has 0 unspecified atom stereocenters. The zero-order valence-electron chi connectivity index (χ0n) is 17.5. The van der Waals surface area contributed by atoms with Gasteiger partial charge in [-0.15, -0.1) is 0 Å². The van der Waals surface area contributed by atoms with E-state index in [2.05, 4.69) is 4.72 Å². The molecule has 2 aromatic carbocycles. The molecule has 0 aromatic heterocycles. The molecule has 1 saturated heterocycles. The summed E-state index contributed by atoms with van der Waals surface area (Å²) in [5.74, 6) is -0.704. The molecule has 4 rings (SSSR count). The lowest BCUT2D eigenvalue weighted by Gasteiger charge is -2.19. The van der Waals surface area contributed by atoms with Gasteiger partial charge in [-0.25, -0.2) is 8.42 Å². The number of carbonyl (C=O) groups excluding carboxylic acids is 2. The molecule has 31 heavy (non-hydrogen) atoms. The summed E-state index contributed by atoms with van der Waals surface area (Å²) in [6.45, 7) is 3.59. The fourth-order valence-corrected chi connectivity index (χ4v) is 6.10. The van der Waals surface area contributed by atoms with Crippen molar-refractivity contribution in [2.45, 2.75) is 51.0 Å². The van der Waals surface area contributed by atoms with E-state index in [1.165, 1.54) is 4.90 Å². The first-order valence-corrected chi connectivity index (χ1v) is 12.3. The highest BCUT2D eigenvalue weighted by Crippen LogP contribution is 2.38. The second kappa shape index (κ2) is 8.28. The summed E-state index contributed by atoms with van der Waals surface area (Å²) in [6.07, 6.45) is 3.44. The molecule has 2 atom stereocenters. The van der Waals surface area contributed by atoms with Crippen molar-refractivity contribution in [2.24, 2.45) is 11.8 Å². The van der Waals surface area contributed by atoms with Gasteiger partial charge in [-0.1, -0.05) is 42.6 Å². The molecule has 0 spiro atoms. The van der Waals surface area contributed by atoms with Crippen LogP contribution in [0, 0.1) is 25.7 Å². The van der Waals surface area contributed by atoms with E-state index in [9.17, 15) is 18.0 Å². The Morgan fingerprint density at radius 2 is 1.58 bits per heavy atom. The minimum Gasteiger partial charge on any atom is -0.279 e. The van der Waals surface area contributed by atoms with Gasteiger partial charge in [-0.05, 0) is 61.6 Å². The van der Waals surface area contributed by atoms with Gasteiger partial charge in [0.2, 0.25) is 11.8 Å². The maximum Gasteiger partial charge on any atom is 0.262 e. The van der Waals surface area contributed by atoms with Crippen LogP contribution in [0.2, 0.25) is 5.02 Å². The monoisotopic (exact) mass is 460 g/mol. The highest BCUT2D eigenvalue weighted by molar-refractivity contribution is 7.92. The van der Waals surface area contributed by atoms with Crippen molar-refractivity contribution in [3.05, 3.63) is 58.1 Å². The number of hydrogen-bond donors (Lipinski definition) is 1. The van der Waals surface area contributed by atoms with Crippen molar-refractivity contribution in [2.75, 3.05) is 4.72 Å². The minimum absolute atomic E-state index is 0.0870.